The fraction of sp³-hybridized carbons (Fsp3) is 0.375. The van der Waals surface area contributed by atoms with Gasteiger partial charge in [0.1, 0.15) is 4.60 Å². The molecule has 1 atom stereocenters. The van der Waals surface area contributed by atoms with Crippen LogP contribution in [0.5, 0.6) is 0 Å². The molecule has 1 aromatic rings. The predicted octanol–water partition coefficient (Wildman–Crippen LogP) is 1.66. The van der Waals surface area contributed by atoms with Crippen molar-refractivity contribution in [2.24, 2.45) is 5.73 Å². The summed E-state index contributed by atoms with van der Waals surface area (Å²) in [6.45, 7) is 1.55. The molecule has 1 heterocycles. The van der Waals surface area contributed by atoms with Gasteiger partial charge in [-0.3, -0.25) is 0 Å². The van der Waals surface area contributed by atoms with Crippen LogP contribution in [0.1, 0.15) is 12.5 Å². The van der Waals surface area contributed by atoms with Gasteiger partial charge >= 0.3 is 0 Å². The first-order valence-corrected chi connectivity index (χ1v) is 4.86. The van der Waals surface area contributed by atoms with E-state index in [1.54, 1.807) is 13.0 Å². The van der Waals surface area contributed by atoms with Crippen molar-refractivity contribution in [3.05, 3.63) is 27.5 Å². The Morgan fingerprint density at radius 2 is 2.38 bits per heavy atom. The van der Waals surface area contributed by atoms with Crippen LogP contribution in [-0.4, -0.2) is 16.7 Å². The quantitative estimate of drug-likeness (QED) is 0.800. The minimum atomic E-state index is -0.823. The number of rotatable bonds is 2. The van der Waals surface area contributed by atoms with E-state index in [0.717, 1.165) is 0 Å². The monoisotopic (exact) mass is 264 g/mol. The van der Waals surface area contributed by atoms with Crippen LogP contribution in [0.2, 0.25) is 5.02 Å². The van der Waals surface area contributed by atoms with Gasteiger partial charge in [-0.1, -0.05) is 11.6 Å². The highest BCUT2D eigenvalue weighted by Crippen LogP contribution is 2.26. The SMILES string of the molecule is C[C@](N)(CO)c1cc(Cl)cnc1Br. The molecule has 0 aliphatic rings. The number of aliphatic hydroxyl groups excluding tert-OH is 1. The van der Waals surface area contributed by atoms with Gasteiger partial charge in [0.05, 0.1) is 17.2 Å². The average molecular weight is 266 g/mol. The summed E-state index contributed by atoms with van der Waals surface area (Å²) in [5.41, 5.74) is 5.70. The lowest BCUT2D eigenvalue weighted by molar-refractivity contribution is 0.209. The van der Waals surface area contributed by atoms with Gasteiger partial charge in [0.25, 0.3) is 0 Å². The Morgan fingerprint density at radius 1 is 1.77 bits per heavy atom. The summed E-state index contributed by atoms with van der Waals surface area (Å²) < 4.78 is 0.607. The second-order valence-corrected chi connectivity index (χ2v) is 4.26. The van der Waals surface area contributed by atoms with E-state index in [0.29, 0.717) is 15.2 Å². The Bertz CT molecular complexity index is 317. The first-order chi connectivity index (χ1) is 5.97. The van der Waals surface area contributed by atoms with E-state index in [2.05, 4.69) is 20.9 Å². The molecular formula is C8H10BrClN2O. The molecule has 72 valence electrons. The Morgan fingerprint density at radius 3 is 2.92 bits per heavy atom. The van der Waals surface area contributed by atoms with Gasteiger partial charge in [0, 0.05) is 11.8 Å². The number of nitrogens with zero attached hydrogens (tertiary/aromatic N) is 1. The number of aromatic nitrogens is 1. The number of aliphatic hydroxyl groups is 1. The molecule has 0 fully saturated rings. The Kier molecular flexibility index (Phi) is 3.29. The molecule has 1 aromatic heterocycles. The van der Waals surface area contributed by atoms with Crippen LogP contribution in [0.15, 0.2) is 16.9 Å². The van der Waals surface area contributed by atoms with E-state index in [-0.39, 0.29) is 6.61 Å². The zero-order valence-corrected chi connectivity index (χ0v) is 9.43. The van der Waals surface area contributed by atoms with Crippen LogP contribution >= 0.6 is 27.5 Å². The molecule has 3 N–H and O–H groups in total. The maximum atomic E-state index is 9.05. The molecule has 0 saturated carbocycles. The maximum Gasteiger partial charge on any atom is 0.111 e. The molecule has 13 heavy (non-hydrogen) atoms. The zero-order chi connectivity index (χ0) is 10.1. The van der Waals surface area contributed by atoms with E-state index in [9.17, 15) is 0 Å². The first kappa shape index (κ1) is 10.9. The highest BCUT2D eigenvalue weighted by atomic mass is 79.9. The molecule has 0 saturated heterocycles. The van der Waals surface area contributed by atoms with E-state index < -0.39 is 5.54 Å². The van der Waals surface area contributed by atoms with Gasteiger partial charge in [-0.2, -0.15) is 0 Å². The number of hydrogen-bond donors (Lipinski definition) is 2. The number of nitrogens with two attached hydrogens (primary N) is 1. The second-order valence-electron chi connectivity index (χ2n) is 3.07. The summed E-state index contributed by atoms with van der Waals surface area (Å²) in [6.07, 6.45) is 1.52. The third-order valence-electron chi connectivity index (χ3n) is 1.75. The van der Waals surface area contributed by atoms with Gasteiger partial charge in [0.15, 0.2) is 0 Å². The summed E-state index contributed by atoms with van der Waals surface area (Å²) in [6, 6.07) is 1.69. The molecule has 0 aromatic carbocycles. The van der Waals surface area contributed by atoms with Crippen LogP contribution < -0.4 is 5.73 Å². The van der Waals surface area contributed by atoms with Gasteiger partial charge in [0.2, 0.25) is 0 Å². The van der Waals surface area contributed by atoms with Crippen molar-refractivity contribution in [1.82, 2.24) is 4.98 Å². The summed E-state index contributed by atoms with van der Waals surface area (Å²) in [4.78, 5) is 3.99. The number of halogens is 2. The van der Waals surface area contributed by atoms with E-state index in [1.807, 2.05) is 0 Å². The third kappa shape index (κ3) is 2.40. The van der Waals surface area contributed by atoms with Gasteiger partial charge in [-0.05, 0) is 28.9 Å². The van der Waals surface area contributed by atoms with Crippen LogP contribution in [0.3, 0.4) is 0 Å². The van der Waals surface area contributed by atoms with Crippen LogP contribution in [0, 0.1) is 0 Å². The Balaban J connectivity index is 3.20. The normalized spacial score (nSPS) is 15.5. The van der Waals surface area contributed by atoms with Crippen molar-refractivity contribution in [3.8, 4) is 0 Å². The molecule has 0 aliphatic carbocycles. The molecule has 0 spiro atoms. The molecule has 1 rings (SSSR count). The van der Waals surface area contributed by atoms with Gasteiger partial charge < -0.3 is 10.8 Å². The van der Waals surface area contributed by atoms with Crippen LogP contribution in [0.4, 0.5) is 0 Å². The van der Waals surface area contributed by atoms with Crippen molar-refractivity contribution in [3.63, 3.8) is 0 Å². The summed E-state index contributed by atoms with van der Waals surface area (Å²) in [5, 5.41) is 9.55. The zero-order valence-electron chi connectivity index (χ0n) is 7.09. The largest absolute Gasteiger partial charge is 0.394 e. The summed E-state index contributed by atoms with van der Waals surface area (Å²) >= 11 is 9.01. The van der Waals surface area contributed by atoms with E-state index >= 15 is 0 Å². The van der Waals surface area contributed by atoms with Crippen molar-refractivity contribution in [2.45, 2.75) is 12.5 Å². The average Bonchev–Trinajstić information content (AvgIpc) is 2.09. The topological polar surface area (TPSA) is 59.1 Å². The molecule has 0 bridgehead atoms. The maximum absolute atomic E-state index is 9.05. The summed E-state index contributed by atoms with van der Waals surface area (Å²) in [5.74, 6) is 0. The third-order valence-corrected chi connectivity index (χ3v) is 2.59. The lowest BCUT2D eigenvalue weighted by atomic mass is 9.96. The molecule has 0 radical (unpaired) electrons. The van der Waals surface area contributed by atoms with E-state index in [4.69, 9.17) is 22.4 Å². The lowest BCUT2D eigenvalue weighted by Gasteiger charge is -2.23. The Hall–Kier alpha value is -0.160. The molecule has 3 nitrogen and oxygen atoms in total. The van der Waals surface area contributed by atoms with E-state index in [1.165, 1.54) is 6.20 Å². The van der Waals surface area contributed by atoms with Crippen molar-refractivity contribution < 1.29 is 5.11 Å². The number of hydrogen-bond acceptors (Lipinski definition) is 3. The van der Waals surface area contributed by atoms with Crippen LogP contribution in [-0.2, 0) is 5.54 Å². The van der Waals surface area contributed by atoms with Gasteiger partial charge in [-0.25, -0.2) is 4.98 Å². The second kappa shape index (κ2) is 3.92. The Labute approximate surface area is 90.1 Å². The predicted molar refractivity (Wildman–Crippen MR) is 55.6 cm³/mol. The number of pyridine rings is 1. The molecular weight excluding hydrogens is 255 g/mol. The lowest BCUT2D eigenvalue weighted by Crippen LogP contribution is -2.37. The molecule has 5 heteroatoms. The fourth-order valence-corrected chi connectivity index (χ4v) is 1.74. The van der Waals surface area contributed by atoms with Crippen LogP contribution in [0.25, 0.3) is 0 Å². The minimum Gasteiger partial charge on any atom is -0.394 e. The standard InChI is InChI=1S/C8H10BrClN2O/c1-8(11,4-13)6-2-5(10)3-12-7(6)9/h2-3,13H,4,11H2,1H3/t8-/m0/s1. The first-order valence-electron chi connectivity index (χ1n) is 3.68. The van der Waals surface area contributed by atoms with Crippen molar-refractivity contribution in [1.29, 1.82) is 0 Å². The highest BCUT2D eigenvalue weighted by molar-refractivity contribution is 9.10. The minimum absolute atomic E-state index is 0.159. The smallest absolute Gasteiger partial charge is 0.111 e. The molecule has 0 unspecified atom stereocenters. The molecule has 0 aliphatic heterocycles. The molecule has 0 amide bonds. The van der Waals surface area contributed by atoms with Crippen molar-refractivity contribution >= 4 is 27.5 Å². The fourth-order valence-electron chi connectivity index (χ4n) is 0.908. The summed E-state index contributed by atoms with van der Waals surface area (Å²) in [7, 11) is 0. The van der Waals surface area contributed by atoms with Crippen molar-refractivity contribution in [2.75, 3.05) is 6.61 Å². The highest BCUT2D eigenvalue weighted by Gasteiger charge is 2.23. The van der Waals surface area contributed by atoms with Gasteiger partial charge in [-0.15, -0.1) is 0 Å².